The van der Waals surface area contributed by atoms with Gasteiger partial charge in [-0.1, -0.05) is 17.7 Å². The van der Waals surface area contributed by atoms with Crippen LogP contribution in [0.25, 0.3) is 0 Å². The molecule has 0 radical (unpaired) electrons. The number of carbonyl (C=O) groups excluding carboxylic acids is 2. The Morgan fingerprint density at radius 3 is 2.10 bits per heavy atom. The molecular weight excluding hydrogens is 282 g/mol. The molecule has 2 amide bonds. The number of sulfonamides is 1. The predicted octanol–water partition coefficient (Wildman–Crippen LogP) is -0.171. The van der Waals surface area contributed by atoms with Gasteiger partial charge in [-0.2, -0.15) is 0 Å². The van der Waals surface area contributed by atoms with Crippen LogP contribution in [0.3, 0.4) is 0 Å². The molecule has 1 aromatic rings. The van der Waals surface area contributed by atoms with E-state index in [-0.39, 0.29) is 10.9 Å². The molecule has 0 bridgehead atoms. The molecule has 1 rings (SSSR count). The minimum Gasteiger partial charge on any atom is -0.346 e. The predicted molar refractivity (Wildman–Crippen MR) is 72.9 cm³/mol. The van der Waals surface area contributed by atoms with Gasteiger partial charge in [-0.05, 0) is 32.9 Å². The number of aryl methyl sites for hydroxylation is 1. The third-order valence-corrected chi connectivity index (χ3v) is 3.52. The molecule has 0 atom stereocenters. The lowest BCUT2D eigenvalue weighted by molar-refractivity contribution is -0.139. The zero-order chi connectivity index (χ0) is 15.3. The molecule has 8 heteroatoms. The van der Waals surface area contributed by atoms with Gasteiger partial charge in [0, 0.05) is 6.04 Å². The molecule has 0 aromatic heterocycles. The highest BCUT2D eigenvalue weighted by Crippen LogP contribution is 2.08. The lowest BCUT2D eigenvalue weighted by Crippen LogP contribution is -2.49. The standard InChI is InChI=1S/C12H17N3O4S/c1-8(2)13-11(16)12(17)14-15-20(18,19)10-6-4-9(3)5-7-10/h4-8,15H,1-3H3,(H,13,16)(H,14,17). The fraction of sp³-hybridized carbons (Fsp3) is 0.333. The zero-order valence-corrected chi connectivity index (χ0v) is 12.2. The average Bonchev–Trinajstić information content (AvgIpc) is 2.35. The van der Waals surface area contributed by atoms with Gasteiger partial charge >= 0.3 is 11.8 Å². The molecule has 1 aromatic carbocycles. The summed E-state index contributed by atoms with van der Waals surface area (Å²) in [7, 11) is -3.90. The van der Waals surface area contributed by atoms with Gasteiger partial charge in [0.1, 0.15) is 0 Å². The van der Waals surface area contributed by atoms with Crippen LogP contribution in [0.2, 0.25) is 0 Å². The molecule has 3 N–H and O–H groups in total. The Bertz CT molecular complexity index is 594. The van der Waals surface area contributed by atoms with E-state index < -0.39 is 21.8 Å². The molecule has 0 fully saturated rings. The Hall–Kier alpha value is -1.93. The molecule has 0 saturated carbocycles. The van der Waals surface area contributed by atoms with Crippen molar-refractivity contribution in [2.75, 3.05) is 0 Å². The summed E-state index contributed by atoms with van der Waals surface area (Å²) in [4.78, 5) is 24.5. The number of benzene rings is 1. The second-order valence-electron chi connectivity index (χ2n) is 4.50. The highest BCUT2D eigenvalue weighted by molar-refractivity contribution is 7.89. The fourth-order valence-electron chi connectivity index (χ4n) is 1.27. The molecule has 0 heterocycles. The van der Waals surface area contributed by atoms with Gasteiger partial charge in [0.05, 0.1) is 4.90 Å². The summed E-state index contributed by atoms with van der Waals surface area (Å²) in [6, 6.07) is 5.83. The van der Waals surface area contributed by atoms with E-state index in [0.717, 1.165) is 5.56 Å². The first-order valence-corrected chi connectivity index (χ1v) is 7.40. The lowest BCUT2D eigenvalue weighted by Gasteiger charge is -2.10. The van der Waals surface area contributed by atoms with Crippen molar-refractivity contribution in [2.45, 2.75) is 31.7 Å². The third kappa shape index (κ3) is 4.63. The van der Waals surface area contributed by atoms with Crippen molar-refractivity contribution in [2.24, 2.45) is 0 Å². The summed E-state index contributed by atoms with van der Waals surface area (Å²) < 4.78 is 23.7. The van der Waals surface area contributed by atoms with Crippen LogP contribution in [0.5, 0.6) is 0 Å². The summed E-state index contributed by atoms with van der Waals surface area (Å²) in [6.07, 6.45) is 0. The van der Waals surface area contributed by atoms with Gasteiger partial charge in [0.2, 0.25) is 0 Å². The number of nitrogens with one attached hydrogen (secondary N) is 3. The van der Waals surface area contributed by atoms with Crippen molar-refractivity contribution >= 4 is 21.8 Å². The third-order valence-electron chi connectivity index (χ3n) is 2.26. The van der Waals surface area contributed by atoms with Gasteiger partial charge in [-0.25, -0.2) is 8.42 Å². The van der Waals surface area contributed by atoms with Crippen molar-refractivity contribution in [1.29, 1.82) is 0 Å². The number of carbonyl (C=O) groups is 2. The maximum absolute atomic E-state index is 11.8. The molecule has 20 heavy (non-hydrogen) atoms. The number of amides is 2. The fourth-order valence-corrected chi connectivity index (χ4v) is 2.11. The minimum atomic E-state index is -3.90. The molecular formula is C12H17N3O4S. The van der Waals surface area contributed by atoms with E-state index in [1.54, 1.807) is 26.0 Å². The van der Waals surface area contributed by atoms with E-state index in [1.807, 2.05) is 17.2 Å². The van der Waals surface area contributed by atoms with Crippen LogP contribution in [0.4, 0.5) is 0 Å². The summed E-state index contributed by atoms with van der Waals surface area (Å²) in [5.41, 5.74) is 2.76. The highest BCUT2D eigenvalue weighted by Gasteiger charge is 2.18. The largest absolute Gasteiger partial charge is 0.346 e. The quantitative estimate of drug-likeness (QED) is 0.530. The minimum absolute atomic E-state index is 0.00679. The van der Waals surface area contributed by atoms with Crippen LogP contribution in [-0.4, -0.2) is 26.3 Å². The molecule has 0 aliphatic heterocycles. The maximum atomic E-state index is 11.8. The van der Waals surface area contributed by atoms with E-state index >= 15 is 0 Å². The van der Waals surface area contributed by atoms with Crippen molar-refractivity contribution < 1.29 is 18.0 Å². The number of hydrogen-bond donors (Lipinski definition) is 3. The van der Waals surface area contributed by atoms with Crippen LogP contribution >= 0.6 is 0 Å². The van der Waals surface area contributed by atoms with Crippen LogP contribution in [0.1, 0.15) is 19.4 Å². The van der Waals surface area contributed by atoms with E-state index in [1.165, 1.54) is 12.1 Å². The molecule has 110 valence electrons. The van der Waals surface area contributed by atoms with Gasteiger partial charge in [0.25, 0.3) is 10.0 Å². The smallest absolute Gasteiger partial charge is 0.324 e. The average molecular weight is 299 g/mol. The summed E-state index contributed by atoms with van der Waals surface area (Å²) >= 11 is 0. The van der Waals surface area contributed by atoms with E-state index in [4.69, 9.17) is 0 Å². The zero-order valence-electron chi connectivity index (χ0n) is 11.4. The van der Waals surface area contributed by atoms with Crippen LogP contribution in [-0.2, 0) is 19.6 Å². The Balaban J connectivity index is 2.66. The number of hydrazine groups is 1. The molecule has 0 unspecified atom stereocenters. The Kier molecular flexibility index (Phi) is 5.23. The first-order chi connectivity index (χ1) is 9.22. The van der Waals surface area contributed by atoms with Gasteiger partial charge in [-0.3, -0.25) is 15.0 Å². The highest BCUT2D eigenvalue weighted by atomic mass is 32.2. The summed E-state index contributed by atoms with van der Waals surface area (Å²) in [5, 5.41) is 2.34. The molecule has 0 aliphatic carbocycles. The Labute approximate surface area is 117 Å². The van der Waals surface area contributed by atoms with Gasteiger partial charge in [0.15, 0.2) is 0 Å². The summed E-state index contributed by atoms with van der Waals surface area (Å²) in [6.45, 7) is 5.19. The SMILES string of the molecule is Cc1ccc(S(=O)(=O)NNC(=O)C(=O)NC(C)C)cc1. The second-order valence-corrected chi connectivity index (χ2v) is 6.18. The van der Waals surface area contributed by atoms with Crippen molar-refractivity contribution in [3.63, 3.8) is 0 Å². The topological polar surface area (TPSA) is 104 Å². The molecule has 0 saturated heterocycles. The molecule has 0 aliphatic rings. The van der Waals surface area contributed by atoms with E-state index in [0.29, 0.717) is 0 Å². The Morgan fingerprint density at radius 2 is 1.60 bits per heavy atom. The van der Waals surface area contributed by atoms with Gasteiger partial charge in [-0.15, -0.1) is 4.83 Å². The van der Waals surface area contributed by atoms with Crippen LogP contribution in [0.15, 0.2) is 29.2 Å². The van der Waals surface area contributed by atoms with Crippen molar-refractivity contribution in [3.8, 4) is 0 Å². The van der Waals surface area contributed by atoms with Crippen molar-refractivity contribution in [3.05, 3.63) is 29.8 Å². The lowest BCUT2D eigenvalue weighted by atomic mass is 10.2. The van der Waals surface area contributed by atoms with Crippen LogP contribution in [0, 0.1) is 6.92 Å². The van der Waals surface area contributed by atoms with E-state index in [9.17, 15) is 18.0 Å². The monoisotopic (exact) mass is 299 g/mol. The van der Waals surface area contributed by atoms with Gasteiger partial charge < -0.3 is 5.32 Å². The second kappa shape index (κ2) is 6.49. The van der Waals surface area contributed by atoms with E-state index in [2.05, 4.69) is 5.32 Å². The number of hydrogen-bond acceptors (Lipinski definition) is 4. The molecule has 7 nitrogen and oxygen atoms in total. The summed E-state index contributed by atoms with van der Waals surface area (Å²) in [5.74, 6) is -1.99. The van der Waals surface area contributed by atoms with Crippen LogP contribution < -0.4 is 15.6 Å². The number of rotatable bonds is 4. The molecule has 0 spiro atoms. The first-order valence-electron chi connectivity index (χ1n) is 5.91. The van der Waals surface area contributed by atoms with Crippen molar-refractivity contribution in [1.82, 2.24) is 15.6 Å². The first kappa shape index (κ1) is 16.1. The normalized spacial score (nSPS) is 11.2. The maximum Gasteiger partial charge on any atom is 0.324 e. The Morgan fingerprint density at radius 1 is 1.05 bits per heavy atom.